The Morgan fingerprint density at radius 1 is 1.15 bits per heavy atom. The molecule has 3 rings (SSSR count). The molecule has 6 nitrogen and oxygen atoms in total. The van der Waals surface area contributed by atoms with Crippen LogP contribution in [0.2, 0.25) is 10.0 Å². The second kappa shape index (κ2) is 7.82. The number of benzene rings is 2. The van der Waals surface area contributed by atoms with Gasteiger partial charge < -0.3 is 10.6 Å². The van der Waals surface area contributed by atoms with Crippen molar-refractivity contribution in [2.75, 3.05) is 11.9 Å². The third kappa shape index (κ3) is 4.30. The molecule has 1 heterocycles. The number of carbonyl (C=O) groups is 3. The van der Waals surface area contributed by atoms with Gasteiger partial charge in [-0.25, -0.2) is 9.69 Å². The number of halogens is 2. The normalized spacial score (nSPS) is 15.2. The average Bonchev–Trinajstić information content (AvgIpc) is 2.88. The minimum Gasteiger partial charge on any atom is -0.325 e. The SMILES string of the molecule is Cc1ccc(NC(=O)CN2C(=O)N/C(=C\c3cccc(Cl)c3Cl)C2=O)cc1. The van der Waals surface area contributed by atoms with Gasteiger partial charge in [-0.15, -0.1) is 0 Å². The number of nitrogens with zero attached hydrogens (tertiary/aromatic N) is 1. The van der Waals surface area contributed by atoms with E-state index in [4.69, 9.17) is 23.2 Å². The molecule has 27 heavy (non-hydrogen) atoms. The molecule has 2 aromatic rings. The van der Waals surface area contributed by atoms with Crippen molar-refractivity contribution < 1.29 is 14.4 Å². The van der Waals surface area contributed by atoms with E-state index < -0.39 is 24.4 Å². The van der Waals surface area contributed by atoms with Crippen molar-refractivity contribution >= 4 is 52.8 Å². The van der Waals surface area contributed by atoms with Crippen molar-refractivity contribution in [2.45, 2.75) is 6.92 Å². The maximum absolute atomic E-state index is 12.5. The van der Waals surface area contributed by atoms with Crippen molar-refractivity contribution in [3.63, 3.8) is 0 Å². The van der Waals surface area contributed by atoms with Gasteiger partial charge in [-0.3, -0.25) is 9.59 Å². The molecule has 1 fully saturated rings. The fraction of sp³-hybridized carbons (Fsp3) is 0.105. The first-order valence-corrected chi connectivity index (χ1v) is 8.76. The molecule has 4 amide bonds. The van der Waals surface area contributed by atoms with Crippen LogP contribution in [-0.2, 0) is 9.59 Å². The second-order valence-corrected chi connectivity index (χ2v) is 6.72. The van der Waals surface area contributed by atoms with Gasteiger partial charge in [0, 0.05) is 5.69 Å². The van der Waals surface area contributed by atoms with E-state index in [1.165, 1.54) is 6.08 Å². The third-order valence-electron chi connectivity index (χ3n) is 3.88. The zero-order valence-electron chi connectivity index (χ0n) is 14.3. The molecule has 0 unspecified atom stereocenters. The Labute approximate surface area is 165 Å². The molecular weight excluding hydrogens is 389 g/mol. The number of anilines is 1. The van der Waals surface area contributed by atoms with E-state index in [9.17, 15) is 14.4 Å². The van der Waals surface area contributed by atoms with Gasteiger partial charge in [-0.1, -0.05) is 53.0 Å². The lowest BCUT2D eigenvalue weighted by molar-refractivity contribution is -0.127. The molecule has 2 aromatic carbocycles. The van der Waals surface area contributed by atoms with Crippen LogP contribution in [0.3, 0.4) is 0 Å². The topological polar surface area (TPSA) is 78.5 Å². The maximum atomic E-state index is 12.5. The summed E-state index contributed by atoms with van der Waals surface area (Å²) in [6, 6.07) is 11.4. The Morgan fingerprint density at radius 2 is 1.85 bits per heavy atom. The highest BCUT2D eigenvalue weighted by Gasteiger charge is 2.35. The summed E-state index contributed by atoms with van der Waals surface area (Å²) in [5.74, 6) is -1.10. The van der Waals surface area contributed by atoms with E-state index in [2.05, 4.69) is 10.6 Å². The highest BCUT2D eigenvalue weighted by atomic mass is 35.5. The van der Waals surface area contributed by atoms with Crippen LogP contribution in [0, 0.1) is 6.92 Å². The molecule has 0 radical (unpaired) electrons. The van der Waals surface area contributed by atoms with Gasteiger partial charge in [-0.05, 0) is 36.8 Å². The maximum Gasteiger partial charge on any atom is 0.329 e. The lowest BCUT2D eigenvalue weighted by Gasteiger charge is -2.12. The summed E-state index contributed by atoms with van der Waals surface area (Å²) in [5, 5.41) is 5.69. The van der Waals surface area contributed by atoms with Crippen LogP contribution in [-0.4, -0.2) is 29.3 Å². The summed E-state index contributed by atoms with van der Waals surface area (Å²) in [6.07, 6.45) is 1.42. The molecule has 1 saturated heterocycles. The highest BCUT2D eigenvalue weighted by Crippen LogP contribution is 2.27. The van der Waals surface area contributed by atoms with E-state index in [0.29, 0.717) is 16.3 Å². The van der Waals surface area contributed by atoms with Crippen LogP contribution < -0.4 is 10.6 Å². The highest BCUT2D eigenvalue weighted by molar-refractivity contribution is 6.43. The van der Waals surface area contributed by atoms with Gasteiger partial charge in [-0.2, -0.15) is 0 Å². The van der Waals surface area contributed by atoms with Crippen molar-refractivity contribution in [1.82, 2.24) is 10.2 Å². The smallest absolute Gasteiger partial charge is 0.325 e. The summed E-state index contributed by atoms with van der Waals surface area (Å²) in [5.41, 5.74) is 2.14. The summed E-state index contributed by atoms with van der Waals surface area (Å²) >= 11 is 12.1. The fourth-order valence-electron chi connectivity index (χ4n) is 2.48. The van der Waals surface area contributed by atoms with Crippen molar-refractivity contribution in [3.05, 3.63) is 69.3 Å². The third-order valence-corrected chi connectivity index (χ3v) is 4.71. The number of rotatable bonds is 4. The van der Waals surface area contributed by atoms with Gasteiger partial charge in [0.05, 0.1) is 10.0 Å². The predicted molar refractivity (Wildman–Crippen MR) is 104 cm³/mol. The number of hydrogen-bond acceptors (Lipinski definition) is 3. The first kappa shape index (κ1) is 18.9. The Bertz CT molecular complexity index is 955. The minimum absolute atomic E-state index is 0.0207. The molecule has 1 aliphatic heterocycles. The largest absolute Gasteiger partial charge is 0.329 e. The number of aryl methyl sites for hydroxylation is 1. The zero-order chi connectivity index (χ0) is 19.6. The van der Waals surface area contributed by atoms with E-state index in [1.807, 2.05) is 19.1 Å². The molecular formula is C19H15Cl2N3O3. The van der Waals surface area contributed by atoms with Gasteiger partial charge in [0.25, 0.3) is 5.91 Å². The number of hydrogen-bond donors (Lipinski definition) is 2. The molecule has 1 aliphatic rings. The molecule has 0 aromatic heterocycles. The number of amides is 4. The lowest BCUT2D eigenvalue weighted by atomic mass is 10.2. The van der Waals surface area contributed by atoms with Gasteiger partial charge >= 0.3 is 6.03 Å². The summed E-state index contributed by atoms with van der Waals surface area (Å²) in [7, 11) is 0. The number of urea groups is 1. The number of imide groups is 1. The van der Waals surface area contributed by atoms with Crippen LogP contribution >= 0.6 is 23.2 Å². The molecule has 0 saturated carbocycles. The van der Waals surface area contributed by atoms with Gasteiger partial charge in [0.2, 0.25) is 5.91 Å². The minimum atomic E-state index is -0.677. The van der Waals surface area contributed by atoms with Crippen molar-refractivity contribution in [3.8, 4) is 0 Å². The summed E-state index contributed by atoms with van der Waals surface area (Å²) in [6.45, 7) is 1.53. The van der Waals surface area contributed by atoms with Crippen LogP contribution in [0.25, 0.3) is 6.08 Å². The molecule has 0 bridgehead atoms. The molecule has 0 aliphatic carbocycles. The molecule has 138 valence electrons. The summed E-state index contributed by atoms with van der Waals surface area (Å²) < 4.78 is 0. The predicted octanol–water partition coefficient (Wildman–Crippen LogP) is 3.83. The van der Waals surface area contributed by atoms with Gasteiger partial charge in [0.1, 0.15) is 12.2 Å². The molecule has 8 heteroatoms. The van der Waals surface area contributed by atoms with Crippen LogP contribution in [0.15, 0.2) is 48.2 Å². The van der Waals surface area contributed by atoms with Crippen molar-refractivity contribution in [1.29, 1.82) is 0 Å². The molecule has 2 N–H and O–H groups in total. The van der Waals surface area contributed by atoms with Crippen LogP contribution in [0.1, 0.15) is 11.1 Å². The van der Waals surface area contributed by atoms with Crippen LogP contribution in [0.4, 0.5) is 10.5 Å². The Hall–Kier alpha value is -2.83. The Morgan fingerprint density at radius 3 is 2.56 bits per heavy atom. The Kier molecular flexibility index (Phi) is 5.48. The van der Waals surface area contributed by atoms with Crippen LogP contribution in [0.5, 0.6) is 0 Å². The average molecular weight is 404 g/mol. The standard InChI is InChI=1S/C19H15Cl2N3O3/c1-11-5-7-13(8-6-11)22-16(25)10-24-18(26)15(23-19(24)27)9-12-3-2-4-14(20)17(12)21/h2-9H,10H2,1H3,(H,22,25)(H,23,27)/b15-9-. The lowest BCUT2D eigenvalue weighted by Crippen LogP contribution is -2.38. The van der Waals surface area contributed by atoms with E-state index >= 15 is 0 Å². The van der Waals surface area contributed by atoms with Crippen molar-refractivity contribution in [2.24, 2.45) is 0 Å². The second-order valence-electron chi connectivity index (χ2n) is 5.94. The van der Waals surface area contributed by atoms with E-state index in [0.717, 1.165) is 10.5 Å². The van der Waals surface area contributed by atoms with E-state index in [-0.39, 0.29) is 10.7 Å². The summed E-state index contributed by atoms with van der Waals surface area (Å²) in [4.78, 5) is 37.5. The number of carbonyl (C=O) groups excluding carboxylic acids is 3. The molecule has 0 spiro atoms. The first-order valence-electron chi connectivity index (χ1n) is 8.00. The molecule has 0 atom stereocenters. The Balaban J connectivity index is 1.72. The quantitative estimate of drug-likeness (QED) is 0.601. The van der Waals surface area contributed by atoms with E-state index in [1.54, 1.807) is 30.3 Å². The fourth-order valence-corrected chi connectivity index (χ4v) is 2.85. The first-order chi connectivity index (χ1) is 12.8. The van der Waals surface area contributed by atoms with Gasteiger partial charge in [0.15, 0.2) is 0 Å². The monoisotopic (exact) mass is 403 g/mol. The number of nitrogens with one attached hydrogen (secondary N) is 2. The zero-order valence-corrected chi connectivity index (χ0v) is 15.8.